The smallest absolute Gasteiger partial charge is 0.251 e. The molecule has 0 spiro atoms. The minimum atomic E-state index is -0.371. The van der Waals surface area contributed by atoms with Crippen LogP contribution in [0.1, 0.15) is 10.4 Å². The molecule has 1 aliphatic heterocycles. The van der Waals surface area contributed by atoms with Gasteiger partial charge in [-0.2, -0.15) is 0 Å². The van der Waals surface area contributed by atoms with E-state index in [-0.39, 0.29) is 27.1 Å². The fourth-order valence-electron chi connectivity index (χ4n) is 3.37. The van der Waals surface area contributed by atoms with Gasteiger partial charge in [0.25, 0.3) is 5.91 Å². The van der Waals surface area contributed by atoms with Gasteiger partial charge in [0, 0.05) is 47.9 Å². The number of benzene rings is 3. The van der Waals surface area contributed by atoms with E-state index in [4.69, 9.17) is 32.4 Å². The van der Waals surface area contributed by atoms with Crippen molar-refractivity contribution in [3.8, 4) is 28.2 Å². The molecule has 0 aromatic heterocycles. The first-order valence-corrected chi connectivity index (χ1v) is 10.1. The van der Waals surface area contributed by atoms with Crippen LogP contribution in [0.3, 0.4) is 0 Å². The average Bonchev–Trinajstić information content (AvgIpc) is 2.75. The molecule has 2 N–H and O–H groups in total. The number of methoxy groups -OCH3 is 1. The van der Waals surface area contributed by atoms with Crippen LogP contribution in [0.2, 0.25) is 10.0 Å². The molecule has 1 aliphatic carbocycles. The zero-order valence-corrected chi connectivity index (χ0v) is 17.9. The van der Waals surface area contributed by atoms with E-state index < -0.39 is 0 Å². The monoisotopic (exact) mass is 457 g/mol. The Hall–Kier alpha value is -3.06. The van der Waals surface area contributed by atoms with Gasteiger partial charge in [-0.3, -0.25) is 9.59 Å². The maximum Gasteiger partial charge on any atom is 0.251 e. The van der Waals surface area contributed by atoms with Crippen LogP contribution in [-0.4, -0.2) is 31.3 Å². The molecule has 0 unspecified atom stereocenters. The van der Waals surface area contributed by atoms with Gasteiger partial charge in [-0.15, -0.1) is 0 Å². The van der Waals surface area contributed by atoms with Crippen LogP contribution < -0.4 is 10.7 Å². The van der Waals surface area contributed by atoms with Crippen molar-refractivity contribution in [2.45, 2.75) is 0 Å². The van der Waals surface area contributed by atoms with Crippen LogP contribution in [0.5, 0.6) is 5.75 Å². The van der Waals surface area contributed by atoms with Gasteiger partial charge in [-0.05, 0) is 29.8 Å². The van der Waals surface area contributed by atoms with Crippen molar-refractivity contribution in [1.29, 1.82) is 0 Å². The first-order valence-electron chi connectivity index (χ1n) is 9.35. The van der Waals surface area contributed by atoms with Gasteiger partial charge in [0.1, 0.15) is 17.1 Å². The summed E-state index contributed by atoms with van der Waals surface area (Å²) in [5.41, 5.74) is 2.56. The van der Waals surface area contributed by atoms with Gasteiger partial charge >= 0.3 is 0 Å². The van der Waals surface area contributed by atoms with Gasteiger partial charge < -0.3 is 19.6 Å². The second-order valence-electron chi connectivity index (χ2n) is 6.88. The summed E-state index contributed by atoms with van der Waals surface area (Å²) >= 11 is 12.2. The largest absolute Gasteiger partial charge is 0.506 e. The second kappa shape index (κ2) is 8.59. The summed E-state index contributed by atoms with van der Waals surface area (Å²) in [6.45, 7) is 0.829. The lowest BCUT2D eigenvalue weighted by Crippen LogP contribution is -2.26. The number of carbonyl (C=O) groups excluding carboxylic acids is 1. The van der Waals surface area contributed by atoms with Crippen molar-refractivity contribution in [1.82, 2.24) is 5.32 Å². The molecular weight excluding hydrogens is 441 g/mol. The SMILES string of the molecule is COCCNC(=O)c1ccc(-c2c3cc(Cl)c(=O)cc-3oc3cc(O)c(Cl)cc23)cc1. The third-order valence-electron chi connectivity index (χ3n) is 4.87. The number of phenolic OH excluding ortho intramolecular Hbond substituents is 1. The number of hydrogen-bond acceptors (Lipinski definition) is 5. The van der Waals surface area contributed by atoms with E-state index in [9.17, 15) is 14.7 Å². The van der Waals surface area contributed by atoms with E-state index in [0.717, 1.165) is 5.56 Å². The Balaban J connectivity index is 1.89. The molecule has 2 aromatic rings. The van der Waals surface area contributed by atoms with Gasteiger partial charge in [0.15, 0.2) is 0 Å². The fraction of sp³-hybridized carbons (Fsp3) is 0.130. The summed E-state index contributed by atoms with van der Waals surface area (Å²) in [5.74, 6) is -0.0315. The summed E-state index contributed by atoms with van der Waals surface area (Å²) in [6.07, 6.45) is 0. The van der Waals surface area contributed by atoms with Crippen LogP contribution in [0.25, 0.3) is 33.4 Å². The van der Waals surface area contributed by atoms with Crippen LogP contribution in [-0.2, 0) is 4.74 Å². The van der Waals surface area contributed by atoms with Crippen molar-refractivity contribution in [2.75, 3.05) is 20.3 Å². The quantitative estimate of drug-likeness (QED) is 0.326. The zero-order valence-electron chi connectivity index (χ0n) is 16.4. The number of fused-ring (bicyclic) bond motifs is 2. The number of aromatic hydroxyl groups is 1. The van der Waals surface area contributed by atoms with E-state index in [1.165, 1.54) is 12.1 Å². The highest BCUT2D eigenvalue weighted by atomic mass is 35.5. The molecule has 31 heavy (non-hydrogen) atoms. The molecule has 6 nitrogen and oxygen atoms in total. The van der Waals surface area contributed by atoms with E-state index in [2.05, 4.69) is 5.32 Å². The first-order chi connectivity index (χ1) is 14.9. The lowest BCUT2D eigenvalue weighted by atomic mass is 9.93. The highest BCUT2D eigenvalue weighted by Crippen LogP contribution is 2.43. The van der Waals surface area contributed by atoms with Gasteiger partial charge in [0.2, 0.25) is 5.43 Å². The third kappa shape index (κ3) is 4.10. The summed E-state index contributed by atoms with van der Waals surface area (Å²) in [6, 6.07) is 12.8. The van der Waals surface area contributed by atoms with Crippen LogP contribution in [0.4, 0.5) is 0 Å². The number of hydrogen-bond donors (Lipinski definition) is 2. The Bertz CT molecular complexity index is 1310. The molecule has 0 fully saturated rings. The van der Waals surface area contributed by atoms with Gasteiger partial charge in [0.05, 0.1) is 16.7 Å². The Labute approximate surface area is 187 Å². The predicted molar refractivity (Wildman–Crippen MR) is 120 cm³/mol. The molecule has 158 valence electrons. The van der Waals surface area contributed by atoms with Gasteiger partial charge in [-0.1, -0.05) is 35.3 Å². The average molecular weight is 458 g/mol. The fourth-order valence-corrected chi connectivity index (χ4v) is 3.70. The van der Waals surface area contributed by atoms with Crippen LogP contribution in [0, 0.1) is 0 Å². The molecule has 8 heteroatoms. The zero-order chi connectivity index (χ0) is 22.1. The van der Waals surface area contributed by atoms with Gasteiger partial charge in [-0.25, -0.2) is 0 Å². The normalized spacial score (nSPS) is 11.2. The number of carbonyl (C=O) groups is 1. The highest BCUT2D eigenvalue weighted by Gasteiger charge is 2.20. The minimum absolute atomic E-state index is 0.0577. The van der Waals surface area contributed by atoms with Crippen LogP contribution in [0.15, 0.2) is 57.7 Å². The molecule has 0 saturated heterocycles. The van der Waals surface area contributed by atoms with Crippen molar-refractivity contribution < 1.29 is 19.1 Å². The van der Waals surface area contributed by atoms with Crippen molar-refractivity contribution in [3.63, 3.8) is 0 Å². The molecule has 4 rings (SSSR count). The summed E-state index contributed by atoms with van der Waals surface area (Å²) in [4.78, 5) is 24.3. The Morgan fingerprint density at radius 2 is 1.84 bits per heavy atom. The third-order valence-corrected chi connectivity index (χ3v) is 5.47. The molecule has 0 saturated carbocycles. The van der Waals surface area contributed by atoms with E-state index >= 15 is 0 Å². The molecule has 0 radical (unpaired) electrons. The predicted octanol–water partition coefficient (Wildman–Crippen LogP) is 4.95. The summed E-state index contributed by atoms with van der Waals surface area (Å²) < 4.78 is 10.8. The molecule has 2 aliphatic rings. The topological polar surface area (TPSA) is 88.8 Å². The number of ether oxygens (including phenoxy) is 1. The highest BCUT2D eigenvalue weighted by molar-refractivity contribution is 6.33. The molecule has 1 heterocycles. The number of phenols is 1. The van der Waals surface area contributed by atoms with Crippen molar-refractivity contribution in [3.05, 3.63) is 74.4 Å². The maximum atomic E-state index is 12.3. The molecule has 1 amide bonds. The van der Waals surface area contributed by atoms with Crippen molar-refractivity contribution in [2.24, 2.45) is 0 Å². The summed E-state index contributed by atoms with van der Waals surface area (Å²) in [7, 11) is 1.57. The van der Waals surface area contributed by atoms with E-state index in [1.54, 1.807) is 43.5 Å². The van der Waals surface area contributed by atoms with Crippen LogP contribution >= 0.6 is 23.2 Å². The van der Waals surface area contributed by atoms with E-state index in [1.807, 2.05) is 0 Å². The number of rotatable bonds is 5. The number of nitrogens with one attached hydrogen (secondary N) is 1. The van der Waals surface area contributed by atoms with Crippen molar-refractivity contribution >= 4 is 40.1 Å². The number of halogens is 2. The Morgan fingerprint density at radius 1 is 1.10 bits per heavy atom. The van der Waals surface area contributed by atoms with E-state index in [0.29, 0.717) is 46.6 Å². The first kappa shape index (κ1) is 21.2. The molecule has 0 atom stereocenters. The summed E-state index contributed by atoms with van der Waals surface area (Å²) in [5, 5.41) is 13.6. The lowest BCUT2D eigenvalue weighted by Gasteiger charge is -2.16. The second-order valence-corrected chi connectivity index (χ2v) is 7.70. The Morgan fingerprint density at radius 3 is 2.55 bits per heavy atom. The standard InChI is InChI=1S/C23H17Cl2NO5/c1-30-7-6-26-23(29)13-4-2-12(3-5-13)22-14-8-16(24)18(27)10-20(14)31-21-11-19(28)17(25)9-15(21)22/h2-5,8-11,27H,6-7H2,1H3,(H,26,29). The lowest BCUT2D eigenvalue weighted by molar-refractivity contribution is 0.0937. The minimum Gasteiger partial charge on any atom is -0.506 e. The molecule has 2 aromatic carbocycles. The molecule has 0 bridgehead atoms. The Kier molecular flexibility index (Phi) is 5.87. The number of amides is 1. The maximum absolute atomic E-state index is 12.3. The molecular formula is C23H17Cl2NO5.